The van der Waals surface area contributed by atoms with E-state index in [0.717, 1.165) is 22.7 Å². The summed E-state index contributed by atoms with van der Waals surface area (Å²) in [5.74, 6) is 1.60. The van der Waals surface area contributed by atoms with Gasteiger partial charge in [0.25, 0.3) is 0 Å². The molecule has 1 saturated carbocycles. The van der Waals surface area contributed by atoms with E-state index < -0.39 is 0 Å². The van der Waals surface area contributed by atoms with Crippen LogP contribution in [0.15, 0.2) is 41.0 Å². The van der Waals surface area contributed by atoms with E-state index in [9.17, 15) is 0 Å². The molecular formula is C14H15BrN2O. The van der Waals surface area contributed by atoms with E-state index in [1.54, 1.807) is 0 Å². The summed E-state index contributed by atoms with van der Waals surface area (Å²) in [6, 6.07) is 10.0. The van der Waals surface area contributed by atoms with E-state index in [0.29, 0.717) is 6.61 Å². The van der Waals surface area contributed by atoms with Gasteiger partial charge in [0.05, 0.1) is 16.7 Å². The third-order valence-corrected chi connectivity index (χ3v) is 3.73. The lowest BCUT2D eigenvalue weighted by Crippen LogP contribution is -2.09. The van der Waals surface area contributed by atoms with Gasteiger partial charge in [0, 0.05) is 12.1 Å². The maximum Gasteiger partial charge on any atom is 0.133 e. The van der Waals surface area contributed by atoms with Crippen LogP contribution in [0.5, 0.6) is 5.75 Å². The number of para-hydroxylation sites is 1. The van der Waals surface area contributed by atoms with Crippen molar-refractivity contribution >= 4 is 15.9 Å². The fourth-order valence-electron chi connectivity index (χ4n) is 1.91. The molecule has 1 aliphatic rings. The largest absolute Gasteiger partial charge is 0.490 e. The first-order chi connectivity index (χ1) is 8.83. The molecule has 0 bridgehead atoms. The van der Waals surface area contributed by atoms with Crippen molar-refractivity contribution in [3.63, 3.8) is 0 Å². The van der Waals surface area contributed by atoms with Gasteiger partial charge in [0.2, 0.25) is 0 Å². The summed E-state index contributed by atoms with van der Waals surface area (Å²) in [6.45, 7) is 1.42. The molecule has 0 radical (unpaired) electrons. The minimum absolute atomic E-state index is 0.633. The molecule has 94 valence electrons. The summed E-state index contributed by atoms with van der Waals surface area (Å²) in [4.78, 5) is 0. The van der Waals surface area contributed by atoms with Crippen molar-refractivity contribution in [2.24, 2.45) is 0 Å². The van der Waals surface area contributed by atoms with Gasteiger partial charge < -0.3 is 4.74 Å². The highest BCUT2D eigenvalue weighted by molar-refractivity contribution is 9.10. The number of ether oxygens (including phenoxy) is 1. The lowest BCUT2D eigenvalue weighted by Gasteiger charge is -2.07. The molecule has 4 heteroatoms. The Bertz CT molecular complexity index is 534. The van der Waals surface area contributed by atoms with E-state index in [1.165, 1.54) is 18.5 Å². The van der Waals surface area contributed by atoms with Gasteiger partial charge >= 0.3 is 0 Å². The number of nitrogens with zero attached hydrogens (tertiary/aromatic N) is 2. The van der Waals surface area contributed by atoms with Crippen molar-refractivity contribution < 1.29 is 4.74 Å². The van der Waals surface area contributed by atoms with Gasteiger partial charge in [-0.25, -0.2) is 0 Å². The number of hydrogen-bond acceptors (Lipinski definition) is 2. The van der Waals surface area contributed by atoms with E-state index >= 15 is 0 Å². The molecule has 1 aromatic heterocycles. The normalized spacial score (nSPS) is 14.7. The van der Waals surface area contributed by atoms with Gasteiger partial charge in [-0.15, -0.1) is 0 Å². The van der Waals surface area contributed by atoms with Crippen molar-refractivity contribution in [2.75, 3.05) is 6.61 Å². The molecule has 0 saturated heterocycles. The second-order valence-corrected chi connectivity index (χ2v) is 5.41. The average molecular weight is 307 g/mol. The molecule has 3 rings (SSSR count). The molecule has 1 aliphatic carbocycles. The van der Waals surface area contributed by atoms with Crippen molar-refractivity contribution in [2.45, 2.75) is 25.3 Å². The smallest absolute Gasteiger partial charge is 0.133 e. The quantitative estimate of drug-likeness (QED) is 0.844. The molecule has 0 N–H and O–H groups in total. The van der Waals surface area contributed by atoms with Gasteiger partial charge in [-0.2, -0.15) is 5.10 Å². The van der Waals surface area contributed by atoms with Gasteiger partial charge in [0.15, 0.2) is 0 Å². The van der Waals surface area contributed by atoms with Crippen LogP contribution >= 0.6 is 15.9 Å². The molecule has 0 atom stereocenters. The van der Waals surface area contributed by atoms with Gasteiger partial charge in [-0.3, -0.25) is 4.68 Å². The Morgan fingerprint density at radius 2 is 2.11 bits per heavy atom. The average Bonchev–Trinajstić information content (AvgIpc) is 3.12. The molecule has 1 heterocycles. The first kappa shape index (κ1) is 11.8. The summed E-state index contributed by atoms with van der Waals surface area (Å²) in [6.07, 6.45) is 4.63. The zero-order valence-corrected chi connectivity index (χ0v) is 11.6. The molecule has 1 fully saturated rings. The monoisotopic (exact) mass is 306 g/mol. The van der Waals surface area contributed by atoms with Crippen LogP contribution in [0, 0.1) is 0 Å². The number of aromatic nitrogens is 2. The first-order valence-electron chi connectivity index (χ1n) is 6.23. The molecule has 1 aromatic carbocycles. The predicted molar refractivity (Wildman–Crippen MR) is 73.8 cm³/mol. The predicted octanol–water partition coefficient (Wildman–Crippen LogP) is 3.60. The standard InChI is InChI=1S/C14H15BrN2O/c15-12-3-1-2-4-14(12)18-10-9-17-8-7-13(16-17)11-5-6-11/h1-4,7-8,11H,5-6,9-10H2. The fourth-order valence-corrected chi connectivity index (χ4v) is 2.31. The molecule has 3 nitrogen and oxygen atoms in total. The SMILES string of the molecule is Brc1ccccc1OCCn1ccc(C2CC2)n1. The summed E-state index contributed by atoms with van der Waals surface area (Å²) in [5, 5.41) is 4.55. The molecule has 0 spiro atoms. The summed E-state index contributed by atoms with van der Waals surface area (Å²) in [7, 11) is 0. The van der Waals surface area contributed by atoms with Crippen LogP contribution in [0.25, 0.3) is 0 Å². The van der Waals surface area contributed by atoms with Crippen LogP contribution < -0.4 is 4.74 Å². The summed E-state index contributed by atoms with van der Waals surface area (Å²) >= 11 is 3.47. The topological polar surface area (TPSA) is 27.1 Å². The van der Waals surface area contributed by atoms with Crippen LogP contribution in [0.3, 0.4) is 0 Å². The van der Waals surface area contributed by atoms with E-state index in [2.05, 4.69) is 27.1 Å². The van der Waals surface area contributed by atoms with Gasteiger partial charge in [0.1, 0.15) is 12.4 Å². The van der Waals surface area contributed by atoms with Crippen molar-refractivity contribution in [1.82, 2.24) is 9.78 Å². The van der Waals surface area contributed by atoms with Crippen LogP contribution in [0.2, 0.25) is 0 Å². The third-order valence-electron chi connectivity index (χ3n) is 3.07. The van der Waals surface area contributed by atoms with Gasteiger partial charge in [-0.05, 0) is 47.0 Å². The molecule has 0 unspecified atom stereocenters. The minimum atomic E-state index is 0.633. The summed E-state index contributed by atoms with van der Waals surface area (Å²) in [5.41, 5.74) is 1.23. The Kier molecular flexibility index (Phi) is 3.37. The number of rotatable bonds is 5. The van der Waals surface area contributed by atoms with E-state index in [-0.39, 0.29) is 0 Å². The number of benzene rings is 1. The highest BCUT2D eigenvalue weighted by Gasteiger charge is 2.25. The lowest BCUT2D eigenvalue weighted by atomic mass is 10.3. The third kappa shape index (κ3) is 2.75. The fraction of sp³-hybridized carbons (Fsp3) is 0.357. The Morgan fingerprint density at radius 1 is 1.28 bits per heavy atom. The van der Waals surface area contributed by atoms with Crippen molar-refractivity contribution in [1.29, 1.82) is 0 Å². The second kappa shape index (κ2) is 5.14. The van der Waals surface area contributed by atoms with Crippen LogP contribution in [-0.2, 0) is 6.54 Å². The van der Waals surface area contributed by atoms with E-state index in [1.807, 2.05) is 35.1 Å². The second-order valence-electron chi connectivity index (χ2n) is 4.56. The molecule has 2 aromatic rings. The van der Waals surface area contributed by atoms with E-state index in [4.69, 9.17) is 4.74 Å². The van der Waals surface area contributed by atoms with Gasteiger partial charge in [-0.1, -0.05) is 12.1 Å². The minimum Gasteiger partial charge on any atom is -0.490 e. The van der Waals surface area contributed by atoms with Crippen molar-refractivity contribution in [3.8, 4) is 5.75 Å². The number of halogens is 1. The maximum absolute atomic E-state index is 5.72. The molecule has 0 aliphatic heterocycles. The van der Waals surface area contributed by atoms with Crippen LogP contribution in [0.4, 0.5) is 0 Å². The molecule has 0 amide bonds. The highest BCUT2D eigenvalue weighted by atomic mass is 79.9. The molecule has 18 heavy (non-hydrogen) atoms. The lowest BCUT2D eigenvalue weighted by molar-refractivity contribution is 0.289. The Labute approximate surface area is 115 Å². The Morgan fingerprint density at radius 3 is 2.89 bits per heavy atom. The zero-order valence-electron chi connectivity index (χ0n) is 10.1. The number of hydrogen-bond donors (Lipinski definition) is 0. The Hall–Kier alpha value is -1.29. The highest BCUT2D eigenvalue weighted by Crippen LogP contribution is 2.38. The maximum atomic E-state index is 5.72. The van der Waals surface area contributed by atoms with Crippen molar-refractivity contribution in [3.05, 3.63) is 46.7 Å². The zero-order chi connectivity index (χ0) is 12.4. The summed E-state index contributed by atoms with van der Waals surface area (Å²) < 4.78 is 8.67. The Balaban J connectivity index is 1.53. The van der Waals surface area contributed by atoms with Crippen LogP contribution in [-0.4, -0.2) is 16.4 Å². The molecular weight excluding hydrogens is 292 g/mol. The van der Waals surface area contributed by atoms with Crippen LogP contribution in [0.1, 0.15) is 24.5 Å². The first-order valence-corrected chi connectivity index (χ1v) is 7.03.